The third kappa shape index (κ3) is 3.32. The van der Waals surface area contributed by atoms with Gasteiger partial charge in [0, 0.05) is 20.1 Å². The van der Waals surface area contributed by atoms with E-state index in [4.69, 9.17) is 0 Å². The molecule has 2 saturated carbocycles. The molecule has 2 fully saturated rings. The van der Waals surface area contributed by atoms with Crippen LogP contribution in [0.2, 0.25) is 0 Å². The molecule has 8 heteroatoms. The molecule has 0 aromatic carbocycles. The second-order valence-electron chi connectivity index (χ2n) is 6.08. The number of hydrogen-bond acceptors (Lipinski definition) is 4. The fourth-order valence-corrected chi connectivity index (χ4v) is 2.86. The summed E-state index contributed by atoms with van der Waals surface area (Å²) in [5.41, 5.74) is 0. The number of carbonyl (C=O) groups is 2. The second-order valence-corrected chi connectivity index (χ2v) is 6.08. The molecule has 3 rings (SSSR count). The molecular weight excluding hydrogens is 272 g/mol. The van der Waals surface area contributed by atoms with Gasteiger partial charge in [-0.2, -0.15) is 0 Å². The number of amides is 3. The molecule has 3 amide bonds. The Bertz CT molecular complexity index is 545. The number of aromatic nitrogens is 3. The Morgan fingerprint density at radius 3 is 2.71 bits per heavy atom. The Morgan fingerprint density at radius 2 is 2.05 bits per heavy atom. The van der Waals surface area contributed by atoms with E-state index in [1.165, 1.54) is 22.3 Å². The molecule has 1 aromatic heterocycles. The topological polar surface area (TPSA) is 92.2 Å². The molecule has 2 unspecified atom stereocenters. The number of urea groups is 1. The van der Waals surface area contributed by atoms with E-state index < -0.39 is 0 Å². The van der Waals surface area contributed by atoms with E-state index in [-0.39, 0.29) is 30.5 Å². The van der Waals surface area contributed by atoms with Gasteiger partial charge in [0.2, 0.25) is 11.9 Å². The van der Waals surface area contributed by atoms with Crippen LogP contribution in [0.1, 0.15) is 19.3 Å². The number of nitrogens with one attached hydrogen (secondary N) is 2. The number of fused-ring (bicyclic) bond motifs is 1. The maximum atomic E-state index is 11.8. The van der Waals surface area contributed by atoms with Crippen LogP contribution >= 0.6 is 0 Å². The monoisotopic (exact) mass is 292 g/mol. The molecule has 0 bridgehead atoms. The highest BCUT2D eigenvalue weighted by molar-refractivity contribution is 5.87. The summed E-state index contributed by atoms with van der Waals surface area (Å²) in [6, 6.07) is -0.0101. The Balaban J connectivity index is 1.47. The molecule has 114 valence electrons. The maximum Gasteiger partial charge on any atom is 0.321 e. The van der Waals surface area contributed by atoms with Crippen molar-refractivity contribution in [3.05, 3.63) is 6.33 Å². The van der Waals surface area contributed by atoms with Gasteiger partial charge in [0.25, 0.3) is 0 Å². The van der Waals surface area contributed by atoms with Crippen LogP contribution in [-0.2, 0) is 11.3 Å². The summed E-state index contributed by atoms with van der Waals surface area (Å²) in [6.07, 6.45) is 4.92. The SMILES string of the molecule is CN(C)C(=O)Cn1cnc(NC(=O)NC2CC3CC3C2)n1. The summed E-state index contributed by atoms with van der Waals surface area (Å²) in [6.45, 7) is 0.106. The van der Waals surface area contributed by atoms with Crippen LogP contribution in [0.4, 0.5) is 10.7 Å². The van der Waals surface area contributed by atoms with Gasteiger partial charge in [0.05, 0.1) is 0 Å². The summed E-state index contributed by atoms with van der Waals surface area (Å²) in [7, 11) is 3.36. The molecule has 8 nitrogen and oxygen atoms in total. The third-order valence-corrected chi connectivity index (χ3v) is 4.14. The summed E-state index contributed by atoms with van der Waals surface area (Å²) < 4.78 is 1.41. The van der Waals surface area contributed by atoms with Gasteiger partial charge in [-0.3, -0.25) is 10.1 Å². The van der Waals surface area contributed by atoms with Gasteiger partial charge >= 0.3 is 6.03 Å². The molecule has 2 N–H and O–H groups in total. The lowest BCUT2D eigenvalue weighted by molar-refractivity contribution is -0.129. The summed E-state index contributed by atoms with van der Waals surface area (Å²) in [5, 5.41) is 9.60. The van der Waals surface area contributed by atoms with Gasteiger partial charge in [-0.1, -0.05) is 0 Å². The normalized spacial score (nSPS) is 26.1. The van der Waals surface area contributed by atoms with Crippen molar-refractivity contribution in [1.29, 1.82) is 0 Å². The average Bonchev–Trinajstić information content (AvgIpc) is 2.82. The number of anilines is 1. The molecule has 0 aliphatic heterocycles. The Hall–Kier alpha value is -2.12. The minimum absolute atomic E-state index is 0.0823. The number of nitrogens with zero attached hydrogens (tertiary/aromatic N) is 4. The van der Waals surface area contributed by atoms with Crippen molar-refractivity contribution in [2.75, 3.05) is 19.4 Å². The average molecular weight is 292 g/mol. The lowest BCUT2D eigenvalue weighted by Gasteiger charge is -2.13. The van der Waals surface area contributed by atoms with E-state index in [9.17, 15) is 9.59 Å². The number of rotatable bonds is 4. The molecule has 21 heavy (non-hydrogen) atoms. The number of hydrogen-bond donors (Lipinski definition) is 2. The zero-order valence-electron chi connectivity index (χ0n) is 12.2. The lowest BCUT2D eigenvalue weighted by Crippen LogP contribution is -2.37. The smallest absolute Gasteiger partial charge is 0.321 e. The Kier molecular flexibility index (Phi) is 3.52. The zero-order valence-corrected chi connectivity index (χ0v) is 12.2. The molecule has 2 aliphatic rings. The standard InChI is InChI=1S/C13H20N6O2/c1-18(2)11(20)6-19-7-14-12(17-19)16-13(21)15-10-4-8-3-9(8)5-10/h7-10H,3-6H2,1-2H3,(H2,15,16,17,21). The van der Waals surface area contributed by atoms with E-state index in [2.05, 4.69) is 20.7 Å². The molecule has 2 aliphatic carbocycles. The first-order valence-electron chi connectivity index (χ1n) is 7.18. The molecule has 0 spiro atoms. The van der Waals surface area contributed by atoms with Gasteiger partial charge in [-0.15, -0.1) is 5.10 Å². The minimum Gasteiger partial charge on any atom is -0.347 e. The Morgan fingerprint density at radius 1 is 1.33 bits per heavy atom. The van der Waals surface area contributed by atoms with Crippen LogP contribution < -0.4 is 10.6 Å². The van der Waals surface area contributed by atoms with Crippen LogP contribution in [0.3, 0.4) is 0 Å². The predicted octanol–water partition coefficient (Wildman–Crippen LogP) is 0.286. The fraction of sp³-hybridized carbons (Fsp3) is 0.692. The van der Waals surface area contributed by atoms with Crippen LogP contribution in [0.5, 0.6) is 0 Å². The largest absolute Gasteiger partial charge is 0.347 e. The first kappa shape index (κ1) is 13.8. The summed E-state index contributed by atoms with van der Waals surface area (Å²) in [4.78, 5) is 28.8. The molecular formula is C13H20N6O2. The summed E-state index contributed by atoms with van der Waals surface area (Å²) in [5.74, 6) is 1.78. The lowest BCUT2D eigenvalue weighted by atomic mass is 10.2. The van der Waals surface area contributed by atoms with E-state index in [0.29, 0.717) is 0 Å². The first-order chi connectivity index (χ1) is 10.0. The highest BCUT2D eigenvalue weighted by Gasteiger charge is 2.46. The predicted molar refractivity (Wildman–Crippen MR) is 75.5 cm³/mol. The van der Waals surface area contributed by atoms with Crippen molar-refractivity contribution >= 4 is 17.9 Å². The summed E-state index contributed by atoms with van der Waals surface area (Å²) >= 11 is 0. The maximum absolute atomic E-state index is 11.8. The van der Waals surface area contributed by atoms with Crippen molar-refractivity contribution in [2.45, 2.75) is 31.8 Å². The van der Waals surface area contributed by atoms with E-state index in [0.717, 1.165) is 24.7 Å². The minimum atomic E-state index is -0.280. The first-order valence-corrected chi connectivity index (χ1v) is 7.18. The quantitative estimate of drug-likeness (QED) is 0.834. The molecule has 1 aromatic rings. The van der Waals surface area contributed by atoms with Crippen molar-refractivity contribution in [1.82, 2.24) is 25.0 Å². The van der Waals surface area contributed by atoms with Gasteiger partial charge < -0.3 is 10.2 Å². The van der Waals surface area contributed by atoms with Crippen LogP contribution in [0.15, 0.2) is 6.33 Å². The van der Waals surface area contributed by atoms with Crippen LogP contribution in [0, 0.1) is 11.8 Å². The van der Waals surface area contributed by atoms with Crippen LogP contribution in [-0.4, -0.2) is 51.7 Å². The van der Waals surface area contributed by atoms with E-state index in [1.807, 2.05) is 0 Å². The highest BCUT2D eigenvalue weighted by atomic mass is 16.2. The zero-order chi connectivity index (χ0) is 15.0. The van der Waals surface area contributed by atoms with Crippen molar-refractivity contribution in [3.8, 4) is 0 Å². The van der Waals surface area contributed by atoms with Crippen molar-refractivity contribution < 1.29 is 9.59 Å². The van der Waals surface area contributed by atoms with Gasteiger partial charge in [0.1, 0.15) is 12.9 Å². The van der Waals surface area contributed by atoms with E-state index >= 15 is 0 Å². The fourth-order valence-electron chi connectivity index (χ4n) is 2.86. The van der Waals surface area contributed by atoms with Gasteiger partial charge in [-0.25, -0.2) is 14.5 Å². The number of carbonyl (C=O) groups excluding carboxylic acids is 2. The highest BCUT2D eigenvalue weighted by Crippen LogP contribution is 2.51. The van der Waals surface area contributed by atoms with Crippen molar-refractivity contribution in [3.63, 3.8) is 0 Å². The molecule has 2 atom stereocenters. The van der Waals surface area contributed by atoms with Gasteiger partial charge in [-0.05, 0) is 31.1 Å². The Labute approximate surface area is 122 Å². The molecule has 1 heterocycles. The second kappa shape index (κ2) is 5.34. The van der Waals surface area contributed by atoms with Gasteiger partial charge in [0.15, 0.2) is 0 Å². The molecule has 0 saturated heterocycles. The van der Waals surface area contributed by atoms with E-state index in [1.54, 1.807) is 14.1 Å². The van der Waals surface area contributed by atoms with Crippen LogP contribution in [0.25, 0.3) is 0 Å². The third-order valence-electron chi connectivity index (χ3n) is 4.14. The van der Waals surface area contributed by atoms with Crippen molar-refractivity contribution in [2.24, 2.45) is 11.8 Å². The molecule has 0 radical (unpaired) electrons. The number of likely N-dealkylation sites (N-methyl/N-ethyl adjacent to an activating group) is 1.